The van der Waals surface area contributed by atoms with Gasteiger partial charge in [-0.15, -0.1) is 10.2 Å². The minimum absolute atomic E-state index is 0.0143. The summed E-state index contributed by atoms with van der Waals surface area (Å²) < 4.78 is 42.1. The fourth-order valence-electron chi connectivity index (χ4n) is 4.73. The summed E-state index contributed by atoms with van der Waals surface area (Å²) in [7, 11) is 0. The molecule has 212 valence electrons. The topological polar surface area (TPSA) is 80.1 Å². The van der Waals surface area contributed by atoms with Crippen LogP contribution in [0.4, 0.5) is 18.9 Å². The first-order valence-corrected chi connectivity index (χ1v) is 14.1. The summed E-state index contributed by atoms with van der Waals surface area (Å²) in [5.74, 6) is -0.231. The molecule has 7 nitrogen and oxygen atoms in total. The molecule has 0 unspecified atom stereocenters. The second-order valence-electron chi connectivity index (χ2n) is 9.83. The van der Waals surface area contributed by atoms with Crippen LogP contribution < -0.4 is 10.2 Å². The lowest BCUT2D eigenvalue weighted by Crippen LogP contribution is -2.36. The summed E-state index contributed by atoms with van der Waals surface area (Å²) in [6.07, 6.45) is -2.81. The van der Waals surface area contributed by atoms with Crippen molar-refractivity contribution in [3.63, 3.8) is 0 Å². The number of fused-ring (bicyclic) bond motifs is 1. The number of aromatic nitrogens is 3. The summed E-state index contributed by atoms with van der Waals surface area (Å²) in [4.78, 5) is 27.8. The Labute approximate surface area is 239 Å². The van der Waals surface area contributed by atoms with Crippen LogP contribution in [0.2, 0.25) is 0 Å². The monoisotopic (exact) mass is 579 g/mol. The average molecular weight is 580 g/mol. The number of carbonyl (C=O) groups is 2. The number of rotatable bonds is 7. The van der Waals surface area contributed by atoms with E-state index >= 15 is 0 Å². The van der Waals surface area contributed by atoms with Gasteiger partial charge in [0, 0.05) is 17.8 Å². The van der Waals surface area contributed by atoms with Crippen LogP contribution in [0.1, 0.15) is 44.9 Å². The zero-order valence-electron chi connectivity index (χ0n) is 22.5. The van der Waals surface area contributed by atoms with Crippen LogP contribution in [0.3, 0.4) is 0 Å². The van der Waals surface area contributed by atoms with E-state index in [0.29, 0.717) is 12.1 Å². The Bertz CT molecular complexity index is 1600. The molecule has 5 rings (SSSR count). The smallest absolute Gasteiger partial charge is 0.345 e. The van der Waals surface area contributed by atoms with E-state index in [4.69, 9.17) is 0 Å². The number of aryl methyl sites for hydroxylation is 3. The van der Waals surface area contributed by atoms with Crippen molar-refractivity contribution < 1.29 is 22.8 Å². The van der Waals surface area contributed by atoms with Gasteiger partial charge < -0.3 is 10.2 Å². The van der Waals surface area contributed by atoms with E-state index in [2.05, 4.69) is 15.5 Å². The summed E-state index contributed by atoms with van der Waals surface area (Å²) >= 11 is 1.09. The molecule has 0 radical (unpaired) electrons. The van der Waals surface area contributed by atoms with Crippen LogP contribution in [0, 0.1) is 13.8 Å². The lowest BCUT2D eigenvalue weighted by Gasteiger charge is -2.29. The molecule has 0 aliphatic carbocycles. The number of alkyl halides is 3. The number of benzene rings is 3. The number of nitrogens with one attached hydrogen (secondary N) is 1. The number of para-hydroxylation sites is 1. The molecule has 1 aliphatic heterocycles. The summed E-state index contributed by atoms with van der Waals surface area (Å²) in [6, 6.07) is 17.9. The number of hydrogen-bond donors (Lipinski definition) is 1. The molecule has 0 spiro atoms. The van der Waals surface area contributed by atoms with Gasteiger partial charge in [-0.2, -0.15) is 13.2 Å². The van der Waals surface area contributed by atoms with E-state index in [-0.39, 0.29) is 40.8 Å². The van der Waals surface area contributed by atoms with Crippen LogP contribution in [-0.2, 0) is 23.9 Å². The maximum atomic E-state index is 13.5. The van der Waals surface area contributed by atoms with Crippen LogP contribution in [-0.4, -0.2) is 38.9 Å². The van der Waals surface area contributed by atoms with Crippen LogP contribution in [0.5, 0.6) is 0 Å². The van der Waals surface area contributed by atoms with Crippen LogP contribution in [0.15, 0.2) is 71.9 Å². The Balaban J connectivity index is 1.40. The molecular weight excluding hydrogens is 551 g/mol. The maximum absolute atomic E-state index is 13.5. The first-order chi connectivity index (χ1) is 19.6. The van der Waals surface area contributed by atoms with Crippen molar-refractivity contribution in [1.29, 1.82) is 0 Å². The zero-order chi connectivity index (χ0) is 29.1. The molecule has 1 N–H and O–H groups in total. The normalized spacial score (nSPS) is 13.1. The third-order valence-corrected chi connectivity index (χ3v) is 7.96. The molecule has 3 aromatic carbocycles. The van der Waals surface area contributed by atoms with Crippen LogP contribution >= 0.6 is 11.8 Å². The Morgan fingerprint density at radius 1 is 0.976 bits per heavy atom. The van der Waals surface area contributed by atoms with Crippen molar-refractivity contribution in [2.45, 2.75) is 44.6 Å². The maximum Gasteiger partial charge on any atom is 0.416 e. The molecule has 2 amide bonds. The van der Waals surface area contributed by atoms with Gasteiger partial charge in [-0.3, -0.25) is 14.2 Å². The van der Waals surface area contributed by atoms with Crippen molar-refractivity contribution >= 4 is 29.3 Å². The van der Waals surface area contributed by atoms with Crippen LogP contribution in [0.25, 0.3) is 5.69 Å². The second kappa shape index (κ2) is 11.8. The first-order valence-electron chi connectivity index (χ1n) is 13.1. The molecule has 0 fully saturated rings. The number of halogens is 3. The van der Waals surface area contributed by atoms with Gasteiger partial charge in [0.1, 0.15) is 0 Å². The molecule has 0 bridgehead atoms. The van der Waals surface area contributed by atoms with Gasteiger partial charge >= 0.3 is 6.18 Å². The number of carbonyl (C=O) groups excluding carboxylic acids is 2. The molecule has 1 aliphatic rings. The molecule has 0 saturated carbocycles. The molecule has 2 heterocycles. The highest BCUT2D eigenvalue weighted by Crippen LogP contribution is 2.32. The lowest BCUT2D eigenvalue weighted by molar-refractivity contribution is -0.137. The largest absolute Gasteiger partial charge is 0.416 e. The van der Waals surface area contributed by atoms with Crippen molar-refractivity contribution in [2.24, 2.45) is 0 Å². The van der Waals surface area contributed by atoms with Crippen molar-refractivity contribution in [2.75, 3.05) is 17.2 Å². The third-order valence-electron chi connectivity index (χ3n) is 7.04. The quantitative estimate of drug-likeness (QED) is 0.276. The molecule has 4 aromatic rings. The predicted molar refractivity (Wildman–Crippen MR) is 151 cm³/mol. The van der Waals surface area contributed by atoms with Crippen molar-refractivity contribution in [3.8, 4) is 5.69 Å². The Morgan fingerprint density at radius 3 is 2.56 bits per heavy atom. The van der Waals surface area contributed by atoms with E-state index < -0.39 is 11.7 Å². The van der Waals surface area contributed by atoms with Gasteiger partial charge in [0.25, 0.3) is 5.91 Å². The zero-order valence-corrected chi connectivity index (χ0v) is 23.4. The van der Waals surface area contributed by atoms with Gasteiger partial charge in [0.15, 0.2) is 11.0 Å². The highest BCUT2D eigenvalue weighted by atomic mass is 32.2. The van der Waals surface area contributed by atoms with E-state index in [1.807, 2.05) is 44.2 Å². The predicted octanol–water partition coefficient (Wildman–Crippen LogP) is 5.90. The number of hydrogen-bond acceptors (Lipinski definition) is 5. The minimum atomic E-state index is -4.55. The molecular formula is C30H28F3N5O2S. The number of nitrogens with zero attached hydrogens (tertiary/aromatic N) is 4. The molecule has 1 aromatic heterocycles. The fourth-order valence-corrected chi connectivity index (χ4v) is 5.58. The second-order valence-corrected chi connectivity index (χ2v) is 10.8. The van der Waals surface area contributed by atoms with Gasteiger partial charge in [-0.1, -0.05) is 42.1 Å². The lowest BCUT2D eigenvalue weighted by atomic mass is 10.0. The molecule has 0 atom stereocenters. The number of thioether (sulfide) groups is 1. The minimum Gasteiger partial charge on any atom is -0.345 e. The summed E-state index contributed by atoms with van der Waals surface area (Å²) in [6.45, 7) is 4.36. The first kappa shape index (κ1) is 28.4. The Morgan fingerprint density at radius 2 is 1.78 bits per heavy atom. The van der Waals surface area contributed by atoms with Gasteiger partial charge in [-0.25, -0.2) is 0 Å². The number of anilines is 1. The van der Waals surface area contributed by atoms with E-state index in [0.717, 1.165) is 59.1 Å². The standard InChI is InChI=1S/C30H28F3N5O2S/c1-19-12-13-22(15-20(19)2)28(40)34-17-26-35-36-29(38(26)24-10-5-9-23(16-24)30(31,32)33)41-18-27(39)37-14-6-8-21-7-3-4-11-25(21)37/h3-5,7,9-13,15-16H,6,8,14,17-18H2,1-2H3,(H,34,40). The van der Waals surface area contributed by atoms with Crippen molar-refractivity contribution in [1.82, 2.24) is 20.1 Å². The Hall–Kier alpha value is -4.12. The Kier molecular flexibility index (Phi) is 8.16. The molecule has 11 heteroatoms. The number of amides is 2. The van der Waals surface area contributed by atoms with E-state index in [1.54, 1.807) is 17.0 Å². The molecule has 0 saturated heterocycles. The van der Waals surface area contributed by atoms with Gasteiger partial charge in [0.05, 0.1) is 23.5 Å². The highest BCUT2D eigenvalue weighted by molar-refractivity contribution is 7.99. The third kappa shape index (κ3) is 6.30. The summed E-state index contributed by atoms with van der Waals surface area (Å²) in [5, 5.41) is 11.4. The molecule has 41 heavy (non-hydrogen) atoms. The van der Waals surface area contributed by atoms with E-state index in [1.165, 1.54) is 16.7 Å². The summed E-state index contributed by atoms with van der Waals surface area (Å²) in [5.41, 5.74) is 3.80. The highest BCUT2D eigenvalue weighted by Gasteiger charge is 2.31. The SMILES string of the molecule is Cc1ccc(C(=O)NCc2nnc(SCC(=O)N3CCCc4ccccc43)n2-c2cccc(C(F)(F)F)c2)cc1C. The fraction of sp³-hybridized carbons (Fsp3) is 0.267. The van der Waals surface area contributed by atoms with E-state index in [9.17, 15) is 22.8 Å². The van der Waals surface area contributed by atoms with Gasteiger partial charge in [0.2, 0.25) is 5.91 Å². The average Bonchev–Trinajstić information content (AvgIpc) is 3.38. The van der Waals surface area contributed by atoms with Crippen molar-refractivity contribution in [3.05, 3.63) is 100 Å². The van der Waals surface area contributed by atoms with Gasteiger partial charge in [-0.05, 0) is 79.8 Å².